The van der Waals surface area contributed by atoms with Crippen LogP contribution in [0.5, 0.6) is 5.75 Å². The van der Waals surface area contributed by atoms with Gasteiger partial charge in [-0.15, -0.1) is 0 Å². The zero-order chi connectivity index (χ0) is 16.7. The molecule has 2 rings (SSSR count). The second-order valence-corrected chi connectivity index (χ2v) is 5.58. The van der Waals surface area contributed by atoms with Crippen LogP contribution >= 0.6 is 0 Å². The lowest BCUT2D eigenvalue weighted by molar-refractivity contribution is 0.307. The Morgan fingerprint density at radius 1 is 1.13 bits per heavy atom. The van der Waals surface area contributed by atoms with Crippen LogP contribution in [0, 0.1) is 6.92 Å². The van der Waals surface area contributed by atoms with Crippen LogP contribution in [0.2, 0.25) is 0 Å². The summed E-state index contributed by atoms with van der Waals surface area (Å²) in [4.78, 5) is 4.48. The molecule has 2 aromatic carbocycles. The van der Waals surface area contributed by atoms with Gasteiger partial charge in [0, 0.05) is 6.42 Å². The summed E-state index contributed by atoms with van der Waals surface area (Å²) < 4.78 is 5.96. The molecule has 122 valence electrons. The molecule has 0 aliphatic heterocycles. The monoisotopic (exact) mass is 311 g/mol. The van der Waals surface area contributed by atoms with E-state index >= 15 is 0 Å². The smallest absolute Gasteiger partial charge is 0.145 e. The van der Waals surface area contributed by atoms with E-state index in [0.717, 1.165) is 29.0 Å². The van der Waals surface area contributed by atoms with Gasteiger partial charge < -0.3 is 16.2 Å². The Morgan fingerprint density at radius 3 is 2.65 bits per heavy atom. The molecule has 0 saturated heterocycles. The summed E-state index contributed by atoms with van der Waals surface area (Å²) in [6.07, 6.45) is 1.52. The molecule has 0 heterocycles. The van der Waals surface area contributed by atoms with E-state index in [0.29, 0.717) is 25.4 Å². The van der Waals surface area contributed by atoms with Crippen LogP contribution in [0.4, 0.5) is 5.69 Å². The van der Waals surface area contributed by atoms with Crippen molar-refractivity contribution in [2.75, 3.05) is 6.54 Å². The van der Waals surface area contributed by atoms with E-state index in [1.165, 1.54) is 5.56 Å². The number of nitrogens with two attached hydrogens (primary N) is 2. The highest BCUT2D eigenvalue weighted by atomic mass is 16.5. The van der Waals surface area contributed by atoms with Crippen molar-refractivity contribution < 1.29 is 4.74 Å². The first-order chi connectivity index (χ1) is 11.1. The lowest BCUT2D eigenvalue weighted by Crippen LogP contribution is -2.09. The van der Waals surface area contributed by atoms with E-state index in [4.69, 9.17) is 16.2 Å². The van der Waals surface area contributed by atoms with E-state index in [2.05, 4.69) is 30.1 Å². The maximum Gasteiger partial charge on any atom is 0.145 e. The van der Waals surface area contributed by atoms with Crippen molar-refractivity contribution in [1.82, 2.24) is 0 Å². The molecule has 0 unspecified atom stereocenters. The number of rotatable bonds is 7. The third kappa shape index (κ3) is 5.11. The van der Waals surface area contributed by atoms with Gasteiger partial charge in [0.05, 0.1) is 5.84 Å². The Morgan fingerprint density at radius 2 is 1.96 bits per heavy atom. The first kappa shape index (κ1) is 17.0. The molecule has 0 atom stereocenters. The van der Waals surface area contributed by atoms with Crippen molar-refractivity contribution in [2.24, 2.45) is 16.5 Å². The van der Waals surface area contributed by atoms with Crippen molar-refractivity contribution in [3.05, 3.63) is 59.2 Å². The van der Waals surface area contributed by atoms with Crippen LogP contribution in [-0.4, -0.2) is 12.4 Å². The van der Waals surface area contributed by atoms with E-state index in [1.54, 1.807) is 0 Å². The Bertz CT molecular complexity index is 680. The number of nitrogens with zero attached hydrogens (tertiary/aromatic N) is 1. The van der Waals surface area contributed by atoms with E-state index in [1.807, 2.05) is 31.2 Å². The van der Waals surface area contributed by atoms with E-state index < -0.39 is 0 Å². The second kappa shape index (κ2) is 8.34. The van der Waals surface area contributed by atoms with Crippen LogP contribution in [0.25, 0.3) is 0 Å². The summed E-state index contributed by atoms with van der Waals surface area (Å²) in [7, 11) is 0. The summed E-state index contributed by atoms with van der Waals surface area (Å²) in [5.41, 5.74) is 15.8. The van der Waals surface area contributed by atoms with E-state index in [9.17, 15) is 0 Å². The zero-order valence-corrected chi connectivity index (χ0v) is 13.9. The molecule has 4 N–H and O–H groups in total. The van der Waals surface area contributed by atoms with Crippen molar-refractivity contribution in [3.63, 3.8) is 0 Å². The molecule has 0 radical (unpaired) electrons. The largest absolute Gasteiger partial charge is 0.487 e. The number of ether oxygens (including phenoxy) is 1. The molecule has 0 saturated carbocycles. The average molecular weight is 311 g/mol. The third-order valence-corrected chi connectivity index (χ3v) is 3.56. The van der Waals surface area contributed by atoms with Crippen molar-refractivity contribution in [2.45, 2.75) is 33.3 Å². The predicted molar refractivity (Wildman–Crippen MR) is 96.3 cm³/mol. The lowest BCUT2D eigenvalue weighted by Gasteiger charge is -2.11. The number of hydrogen-bond acceptors (Lipinski definition) is 3. The van der Waals surface area contributed by atoms with Gasteiger partial charge in [0.15, 0.2) is 0 Å². The molecular formula is C19H25N3O. The number of amidine groups is 1. The average Bonchev–Trinajstić information content (AvgIpc) is 2.54. The quantitative estimate of drug-likeness (QED) is 0.607. The number of benzene rings is 2. The van der Waals surface area contributed by atoms with Gasteiger partial charge in [-0.3, -0.25) is 0 Å². The minimum Gasteiger partial charge on any atom is -0.487 e. The number of aliphatic imine (C=N–C) groups is 1. The minimum atomic E-state index is 0.506. The van der Waals surface area contributed by atoms with Gasteiger partial charge in [0.25, 0.3) is 0 Å². The molecule has 4 heteroatoms. The van der Waals surface area contributed by atoms with Gasteiger partial charge in [-0.05, 0) is 43.1 Å². The number of hydrogen-bond donors (Lipinski definition) is 2. The van der Waals surface area contributed by atoms with Gasteiger partial charge in [0.1, 0.15) is 18.0 Å². The fraction of sp³-hybridized carbons (Fsp3) is 0.316. The lowest BCUT2D eigenvalue weighted by atomic mass is 10.1. The van der Waals surface area contributed by atoms with Gasteiger partial charge in [-0.25, -0.2) is 4.99 Å². The van der Waals surface area contributed by atoms with Crippen LogP contribution < -0.4 is 16.2 Å². The normalized spacial score (nSPS) is 11.5. The first-order valence-corrected chi connectivity index (χ1v) is 7.96. The molecule has 23 heavy (non-hydrogen) atoms. The Kier molecular flexibility index (Phi) is 6.18. The summed E-state index contributed by atoms with van der Waals surface area (Å²) in [5.74, 6) is 1.33. The molecule has 0 spiro atoms. The van der Waals surface area contributed by atoms with Gasteiger partial charge in [0.2, 0.25) is 0 Å². The highest BCUT2D eigenvalue weighted by molar-refractivity contribution is 5.83. The standard InChI is InChI=1S/C19H25N3O/c1-3-19(21)22-17-12-15(9-10-20)7-8-18(17)23-13-16-6-4-5-14(2)11-16/h4-8,11-12H,3,9-10,13,20H2,1-2H3,(H2,21,22). The van der Waals surface area contributed by atoms with Crippen LogP contribution in [0.1, 0.15) is 30.0 Å². The Labute approximate surface area is 138 Å². The van der Waals surface area contributed by atoms with Crippen LogP contribution in [-0.2, 0) is 13.0 Å². The third-order valence-electron chi connectivity index (χ3n) is 3.56. The topological polar surface area (TPSA) is 73.6 Å². The second-order valence-electron chi connectivity index (χ2n) is 5.58. The maximum atomic E-state index is 5.96. The summed E-state index contributed by atoms with van der Waals surface area (Å²) in [5, 5.41) is 0. The highest BCUT2D eigenvalue weighted by Crippen LogP contribution is 2.30. The predicted octanol–water partition coefficient (Wildman–Crippen LogP) is 3.47. The van der Waals surface area contributed by atoms with Gasteiger partial charge in [-0.2, -0.15) is 0 Å². The van der Waals surface area contributed by atoms with E-state index in [-0.39, 0.29) is 0 Å². The molecule has 2 aromatic rings. The van der Waals surface area contributed by atoms with Crippen molar-refractivity contribution in [3.8, 4) is 5.75 Å². The minimum absolute atomic E-state index is 0.506. The van der Waals surface area contributed by atoms with Crippen LogP contribution in [0.3, 0.4) is 0 Å². The summed E-state index contributed by atoms with van der Waals surface area (Å²) in [6.45, 7) is 5.17. The molecule has 0 amide bonds. The molecular weight excluding hydrogens is 286 g/mol. The Hall–Kier alpha value is -2.33. The molecule has 0 aromatic heterocycles. The zero-order valence-electron chi connectivity index (χ0n) is 13.9. The van der Waals surface area contributed by atoms with Crippen molar-refractivity contribution >= 4 is 11.5 Å². The maximum absolute atomic E-state index is 5.96. The van der Waals surface area contributed by atoms with Gasteiger partial charge >= 0.3 is 0 Å². The fourth-order valence-electron chi connectivity index (χ4n) is 2.29. The van der Waals surface area contributed by atoms with Crippen molar-refractivity contribution in [1.29, 1.82) is 0 Å². The first-order valence-electron chi connectivity index (χ1n) is 7.96. The molecule has 4 nitrogen and oxygen atoms in total. The number of aryl methyl sites for hydroxylation is 1. The summed E-state index contributed by atoms with van der Waals surface area (Å²) in [6, 6.07) is 14.3. The molecule has 0 aliphatic carbocycles. The fourth-order valence-corrected chi connectivity index (χ4v) is 2.29. The molecule has 0 fully saturated rings. The Balaban J connectivity index is 2.22. The summed E-state index contributed by atoms with van der Waals surface area (Å²) >= 11 is 0. The SMILES string of the molecule is CCC(N)=Nc1cc(CCN)ccc1OCc1cccc(C)c1. The molecule has 0 bridgehead atoms. The molecule has 0 aliphatic rings. The van der Waals surface area contributed by atoms with Crippen LogP contribution in [0.15, 0.2) is 47.5 Å². The van der Waals surface area contributed by atoms with Gasteiger partial charge in [-0.1, -0.05) is 42.8 Å². The highest BCUT2D eigenvalue weighted by Gasteiger charge is 2.06.